The summed E-state index contributed by atoms with van der Waals surface area (Å²) < 4.78 is 21.7. The second-order valence-electron chi connectivity index (χ2n) is 5.46. The Hall–Kier alpha value is -2.94. The van der Waals surface area contributed by atoms with E-state index in [0.29, 0.717) is 41.4 Å². The Morgan fingerprint density at radius 2 is 2.04 bits per heavy atom. The monoisotopic (exact) mass is 373 g/mol. The van der Waals surface area contributed by atoms with E-state index in [1.807, 2.05) is 0 Å². The molecule has 1 N–H and O–H groups in total. The van der Waals surface area contributed by atoms with Gasteiger partial charge in [0.05, 0.1) is 11.5 Å². The lowest BCUT2D eigenvalue weighted by Crippen LogP contribution is -2.22. The molecule has 0 aliphatic carbocycles. The van der Waals surface area contributed by atoms with E-state index < -0.39 is 5.25 Å². The topological polar surface area (TPSA) is 99.6 Å². The lowest BCUT2D eigenvalue weighted by Gasteiger charge is -2.19. The lowest BCUT2D eigenvalue weighted by molar-refractivity contribution is -0.115. The largest absolute Gasteiger partial charge is 0.486 e. The molecule has 0 saturated heterocycles. The van der Waals surface area contributed by atoms with Gasteiger partial charge in [-0.1, -0.05) is 11.8 Å². The van der Waals surface area contributed by atoms with E-state index in [1.54, 1.807) is 37.3 Å². The predicted molar refractivity (Wildman–Crippen MR) is 93.4 cm³/mol. The Balaban J connectivity index is 1.39. The average Bonchev–Trinajstić information content (AvgIpc) is 3.33. The molecular formula is C17H15N3O5S. The van der Waals surface area contributed by atoms with Gasteiger partial charge in [-0.3, -0.25) is 4.79 Å². The van der Waals surface area contributed by atoms with Crippen LogP contribution in [-0.4, -0.2) is 34.6 Å². The van der Waals surface area contributed by atoms with Gasteiger partial charge < -0.3 is 23.6 Å². The molecule has 9 heteroatoms. The average molecular weight is 373 g/mol. The van der Waals surface area contributed by atoms with Crippen LogP contribution in [0.4, 0.5) is 5.69 Å². The number of thioether (sulfide) groups is 1. The third kappa shape index (κ3) is 3.52. The van der Waals surface area contributed by atoms with Crippen molar-refractivity contribution in [3.05, 3.63) is 36.6 Å². The van der Waals surface area contributed by atoms with E-state index in [-0.39, 0.29) is 11.8 Å². The molecule has 2 aromatic heterocycles. The molecule has 0 saturated carbocycles. The van der Waals surface area contributed by atoms with Crippen molar-refractivity contribution >= 4 is 23.4 Å². The quantitative estimate of drug-likeness (QED) is 0.681. The molecule has 0 radical (unpaired) electrons. The van der Waals surface area contributed by atoms with Crippen LogP contribution in [0.3, 0.4) is 0 Å². The van der Waals surface area contributed by atoms with Crippen molar-refractivity contribution in [2.45, 2.75) is 17.4 Å². The smallest absolute Gasteiger partial charge is 0.284 e. The van der Waals surface area contributed by atoms with Crippen LogP contribution in [0.5, 0.6) is 11.5 Å². The van der Waals surface area contributed by atoms with Gasteiger partial charge in [0.1, 0.15) is 13.2 Å². The maximum atomic E-state index is 12.4. The van der Waals surface area contributed by atoms with Crippen LogP contribution in [0.25, 0.3) is 11.7 Å². The van der Waals surface area contributed by atoms with Crippen LogP contribution in [-0.2, 0) is 4.79 Å². The number of nitrogens with zero attached hydrogens (tertiary/aromatic N) is 2. The molecule has 1 atom stereocenters. The number of nitrogens with one attached hydrogen (secondary N) is 1. The summed E-state index contributed by atoms with van der Waals surface area (Å²) in [6, 6.07) is 8.74. The van der Waals surface area contributed by atoms with Crippen LogP contribution in [0.2, 0.25) is 0 Å². The molecule has 0 unspecified atom stereocenters. The number of furan rings is 1. The van der Waals surface area contributed by atoms with Crippen molar-refractivity contribution in [2.75, 3.05) is 18.5 Å². The van der Waals surface area contributed by atoms with Crippen molar-refractivity contribution in [2.24, 2.45) is 0 Å². The van der Waals surface area contributed by atoms with E-state index >= 15 is 0 Å². The van der Waals surface area contributed by atoms with Crippen molar-refractivity contribution in [1.29, 1.82) is 0 Å². The van der Waals surface area contributed by atoms with Crippen LogP contribution in [0.15, 0.2) is 50.7 Å². The second-order valence-corrected chi connectivity index (χ2v) is 6.75. The van der Waals surface area contributed by atoms with Crippen LogP contribution >= 0.6 is 11.8 Å². The molecule has 0 fully saturated rings. The number of hydrogen-bond donors (Lipinski definition) is 1. The first-order valence-corrected chi connectivity index (χ1v) is 8.81. The fraction of sp³-hybridized carbons (Fsp3) is 0.235. The maximum Gasteiger partial charge on any atom is 0.284 e. The molecule has 26 heavy (non-hydrogen) atoms. The zero-order valence-corrected chi connectivity index (χ0v) is 14.6. The first kappa shape index (κ1) is 16.5. The Bertz CT molecular complexity index is 909. The Morgan fingerprint density at radius 1 is 1.19 bits per heavy atom. The Morgan fingerprint density at radius 3 is 2.85 bits per heavy atom. The van der Waals surface area contributed by atoms with Crippen LogP contribution in [0, 0.1) is 0 Å². The second kappa shape index (κ2) is 7.12. The zero-order valence-electron chi connectivity index (χ0n) is 13.8. The van der Waals surface area contributed by atoms with Gasteiger partial charge in [0.2, 0.25) is 5.91 Å². The minimum Gasteiger partial charge on any atom is -0.486 e. The normalized spacial score (nSPS) is 14.0. The molecule has 0 spiro atoms. The Kier molecular flexibility index (Phi) is 4.53. The summed E-state index contributed by atoms with van der Waals surface area (Å²) in [7, 11) is 0. The van der Waals surface area contributed by atoms with Gasteiger partial charge in [0, 0.05) is 11.8 Å². The first-order chi connectivity index (χ1) is 12.7. The standard InChI is InChI=1S/C17H15N3O5S/c1-10(26-17-20-19-16(25-17)13-3-2-6-22-13)15(21)18-11-4-5-12-14(9-11)24-8-7-23-12/h2-6,9-10H,7-8H2,1H3,(H,18,21)/t10-/m0/s1. The van der Waals surface area contributed by atoms with Gasteiger partial charge in [0.15, 0.2) is 17.3 Å². The number of hydrogen-bond acceptors (Lipinski definition) is 8. The van der Waals surface area contributed by atoms with Crippen LogP contribution in [0.1, 0.15) is 6.92 Å². The van der Waals surface area contributed by atoms with E-state index in [1.165, 1.54) is 18.0 Å². The summed E-state index contributed by atoms with van der Waals surface area (Å²) in [5.74, 6) is 1.86. The summed E-state index contributed by atoms with van der Waals surface area (Å²) >= 11 is 1.17. The minimum absolute atomic E-state index is 0.190. The molecule has 134 valence electrons. The predicted octanol–water partition coefficient (Wildman–Crippen LogP) is 3.22. The highest BCUT2D eigenvalue weighted by molar-refractivity contribution is 8.00. The minimum atomic E-state index is -0.437. The van der Waals surface area contributed by atoms with Crippen molar-refractivity contribution < 1.29 is 23.1 Å². The molecule has 1 amide bonds. The van der Waals surface area contributed by atoms with E-state index in [2.05, 4.69) is 15.5 Å². The maximum absolute atomic E-state index is 12.4. The van der Waals surface area contributed by atoms with Crippen LogP contribution < -0.4 is 14.8 Å². The number of aromatic nitrogens is 2. The van der Waals surface area contributed by atoms with E-state index in [9.17, 15) is 4.79 Å². The highest BCUT2D eigenvalue weighted by Crippen LogP contribution is 2.33. The van der Waals surface area contributed by atoms with Gasteiger partial charge >= 0.3 is 0 Å². The highest BCUT2D eigenvalue weighted by atomic mass is 32.2. The SMILES string of the molecule is C[C@H](Sc1nnc(-c2ccco2)o1)C(=O)Nc1ccc2c(c1)OCCO2. The van der Waals surface area contributed by atoms with Gasteiger partial charge in [-0.15, -0.1) is 10.2 Å². The first-order valence-electron chi connectivity index (χ1n) is 7.93. The van der Waals surface area contributed by atoms with Gasteiger partial charge in [-0.05, 0) is 31.2 Å². The number of carbonyl (C=O) groups excluding carboxylic acids is 1. The van der Waals surface area contributed by atoms with Gasteiger partial charge in [-0.25, -0.2) is 0 Å². The molecule has 1 aromatic carbocycles. The Labute approximate surface area is 152 Å². The van der Waals surface area contributed by atoms with E-state index in [4.69, 9.17) is 18.3 Å². The number of anilines is 1. The summed E-state index contributed by atoms with van der Waals surface area (Å²) in [5.41, 5.74) is 0.633. The number of ether oxygens (including phenoxy) is 2. The van der Waals surface area contributed by atoms with E-state index in [0.717, 1.165) is 0 Å². The fourth-order valence-electron chi connectivity index (χ4n) is 2.33. The number of fused-ring (bicyclic) bond motifs is 1. The molecule has 4 rings (SSSR count). The summed E-state index contributed by atoms with van der Waals surface area (Å²) in [6.45, 7) is 2.77. The molecule has 3 aromatic rings. The molecular weight excluding hydrogens is 358 g/mol. The van der Waals surface area contributed by atoms with Crippen molar-refractivity contribution in [1.82, 2.24) is 10.2 Å². The fourth-order valence-corrected chi connectivity index (χ4v) is 3.01. The molecule has 0 bridgehead atoms. The third-order valence-corrected chi connectivity index (χ3v) is 4.53. The van der Waals surface area contributed by atoms with Crippen molar-refractivity contribution in [3.8, 4) is 23.1 Å². The summed E-state index contributed by atoms with van der Waals surface area (Å²) in [5, 5.41) is 10.5. The molecule has 8 nitrogen and oxygen atoms in total. The number of benzene rings is 1. The highest BCUT2D eigenvalue weighted by Gasteiger charge is 2.20. The molecule has 3 heterocycles. The number of rotatable bonds is 5. The number of amides is 1. The van der Waals surface area contributed by atoms with Gasteiger partial charge in [-0.2, -0.15) is 0 Å². The van der Waals surface area contributed by atoms with Crippen molar-refractivity contribution in [3.63, 3.8) is 0 Å². The summed E-state index contributed by atoms with van der Waals surface area (Å²) in [6.07, 6.45) is 1.52. The number of carbonyl (C=O) groups is 1. The third-order valence-electron chi connectivity index (χ3n) is 3.59. The molecule has 1 aliphatic heterocycles. The van der Waals surface area contributed by atoms with Gasteiger partial charge in [0.25, 0.3) is 11.1 Å². The molecule has 1 aliphatic rings. The lowest BCUT2D eigenvalue weighted by atomic mass is 10.2. The zero-order chi connectivity index (χ0) is 17.9. The summed E-state index contributed by atoms with van der Waals surface area (Å²) in [4.78, 5) is 12.4.